The number of halogens is 1. The first kappa shape index (κ1) is 21.0. The Labute approximate surface area is 148 Å². The van der Waals surface area contributed by atoms with Gasteiger partial charge in [-0.05, 0) is 32.9 Å². The number of phenols is 1. The van der Waals surface area contributed by atoms with E-state index in [1.807, 2.05) is 20.8 Å². The Morgan fingerprint density at radius 1 is 1.17 bits per heavy atom. The predicted molar refractivity (Wildman–Crippen MR) is 94.0 cm³/mol. The van der Waals surface area contributed by atoms with Gasteiger partial charge in [0.25, 0.3) is 0 Å². The Morgan fingerprint density at radius 3 is 2.33 bits per heavy atom. The van der Waals surface area contributed by atoms with Crippen molar-refractivity contribution in [2.75, 3.05) is 13.2 Å². The van der Waals surface area contributed by atoms with E-state index in [-0.39, 0.29) is 43.1 Å². The fourth-order valence-electron chi connectivity index (χ4n) is 2.61. The SMILES string of the molecule is CC(C)(C)NCC(O)COc1ccc(O)c2c1C[C@H](O)[C@H](O)C2.Cl. The number of hydrogen-bond acceptors (Lipinski definition) is 6. The number of phenolic OH excluding ortho intramolecular Hbond substituents is 1. The van der Waals surface area contributed by atoms with E-state index in [4.69, 9.17) is 4.74 Å². The number of rotatable bonds is 5. The van der Waals surface area contributed by atoms with Gasteiger partial charge in [0.2, 0.25) is 0 Å². The number of ether oxygens (including phenoxy) is 1. The molecule has 1 aliphatic rings. The number of aliphatic hydroxyl groups is 3. The van der Waals surface area contributed by atoms with Crippen molar-refractivity contribution in [2.45, 2.75) is 57.5 Å². The quantitative estimate of drug-likeness (QED) is 0.531. The van der Waals surface area contributed by atoms with Gasteiger partial charge in [0.05, 0.1) is 12.2 Å². The number of nitrogens with one attached hydrogen (secondary N) is 1. The summed E-state index contributed by atoms with van der Waals surface area (Å²) in [6, 6.07) is 3.14. The fourth-order valence-corrected chi connectivity index (χ4v) is 2.61. The lowest BCUT2D eigenvalue weighted by Gasteiger charge is -2.28. The van der Waals surface area contributed by atoms with Crippen LogP contribution in [0.4, 0.5) is 0 Å². The van der Waals surface area contributed by atoms with Gasteiger partial charge in [-0.25, -0.2) is 0 Å². The molecule has 3 atom stereocenters. The molecule has 0 radical (unpaired) electrons. The lowest BCUT2D eigenvalue weighted by molar-refractivity contribution is 0.0127. The van der Waals surface area contributed by atoms with Gasteiger partial charge in [-0.15, -0.1) is 12.4 Å². The second-order valence-electron chi connectivity index (χ2n) is 7.18. The van der Waals surface area contributed by atoms with Crippen LogP contribution < -0.4 is 10.1 Å². The molecule has 0 fully saturated rings. The van der Waals surface area contributed by atoms with E-state index in [9.17, 15) is 20.4 Å². The highest BCUT2D eigenvalue weighted by molar-refractivity contribution is 5.85. The maximum absolute atomic E-state index is 10.0. The van der Waals surface area contributed by atoms with Crippen LogP contribution in [-0.4, -0.2) is 57.4 Å². The summed E-state index contributed by atoms with van der Waals surface area (Å²) in [6.45, 7) is 6.57. The molecular formula is C17H28ClNO5. The molecule has 0 aromatic heterocycles. The molecule has 24 heavy (non-hydrogen) atoms. The van der Waals surface area contributed by atoms with Crippen molar-refractivity contribution >= 4 is 12.4 Å². The maximum atomic E-state index is 10.0. The number of aliphatic hydroxyl groups excluding tert-OH is 3. The molecule has 6 nitrogen and oxygen atoms in total. The van der Waals surface area contributed by atoms with Crippen molar-refractivity contribution in [1.29, 1.82) is 0 Å². The minimum atomic E-state index is -0.884. The Bertz CT molecular complexity index is 547. The molecular weight excluding hydrogens is 334 g/mol. The summed E-state index contributed by atoms with van der Waals surface area (Å²) < 4.78 is 5.68. The summed E-state index contributed by atoms with van der Waals surface area (Å²) in [5, 5.41) is 42.7. The van der Waals surface area contributed by atoms with Crippen molar-refractivity contribution in [3.8, 4) is 11.5 Å². The molecule has 0 aliphatic heterocycles. The molecule has 138 valence electrons. The molecule has 1 unspecified atom stereocenters. The third-order valence-electron chi connectivity index (χ3n) is 3.93. The summed E-state index contributed by atoms with van der Waals surface area (Å²) in [5.74, 6) is 0.617. The second kappa shape index (κ2) is 8.36. The van der Waals surface area contributed by atoms with Gasteiger partial charge in [0, 0.05) is 36.1 Å². The van der Waals surface area contributed by atoms with Crippen LogP contribution in [0, 0.1) is 0 Å². The summed E-state index contributed by atoms with van der Waals surface area (Å²) in [4.78, 5) is 0. The van der Waals surface area contributed by atoms with Gasteiger partial charge in [-0.1, -0.05) is 0 Å². The predicted octanol–water partition coefficient (Wildman–Crippen LogP) is 0.762. The zero-order valence-corrected chi connectivity index (χ0v) is 15.1. The number of benzene rings is 1. The minimum absolute atomic E-state index is 0. The van der Waals surface area contributed by atoms with Crippen molar-refractivity contribution in [1.82, 2.24) is 5.32 Å². The highest BCUT2D eigenvalue weighted by Crippen LogP contribution is 2.35. The minimum Gasteiger partial charge on any atom is -0.508 e. The topological polar surface area (TPSA) is 102 Å². The van der Waals surface area contributed by atoms with Gasteiger partial charge in [0.15, 0.2) is 0 Å². The molecule has 0 spiro atoms. The smallest absolute Gasteiger partial charge is 0.123 e. The summed E-state index contributed by atoms with van der Waals surface area (Å²) in [7, 11) is 0. The first-order valence-corrected chi connectivity index (χ1v) is 7.93. The van der Waals surface area contributed by atoms with Crippen LogP contribution >= 0.6 is 12.4 Å². The number of fused-ring (bicyclic) bond motifs is 1. The van der Waals surface area contributed by atoms with E-state index in [0.717, 1.165) is 0 Å². The monoisotopic (exact) mass is 361 g/mol. The van der Waals surface area contributed by atoms with Crippen LogP contribution in [0.15, 0.2) is 12.1 Å². The molecule has 0 amide bonds. The first-order valence-electron chi connectivity index (χ1n) is 7.93. The van der Waals surface area contributed by atoms with Crippen molar-refractivity contribution in [2.24, 2.45) is 0 Å². The molecule has 1 aliphatic carbocycles. The largest absolute Gasteiger partial charge is 0.508 e. The number of hydrogen-bond donors (Lipinski definition) is 5. The number of aromatic hydroxyl groups is 1. The highest BCUT2D eigenvalue weighted by Gasteiger charge is 2.29. The maximum Gasteiger partial charge on any atom is 0.123 e. The molecule has 0 heterocycles. The summed E-state index contributed by atoms with van der Waals surface area (Å²) in [5.41, 5.74) is 1.21. The average Bonchev–Trinajstić information content (AvgIpc) is 2.46. The Kier molecular flexibility index (Phi) is 7.31. The molecule has 1 aromatic rings. The molecule has 5 N–H and O–H groups in total. The van der Waals surface area contributed by atoms with Gasteiger partial charge < -0.3 is 30.5 Å². The third kappa shape index (κ3) is 5.50. The molecule has 0 saturated heterocycles. The molecule has 7 heteroatoms. The van der Waals surface area contributed by atoms with Crippen molar-refractivity contribution in [3.63, 3.8) is 0 Å². The summed E-state index contributed by atoms with van der Waals surface area (Å²) in [6.07, 6.45) is -2.02. The van der Waals surface area contributed by atoms with Crippen LogP contribution in [0.1, 0.15) is 31.9 Å². The Morgan fingerprint density at radius 2 is 1.75 bits per heavy atom. The van der Waals surface area contributed by atoms with Crippen LogP contribution in [0.25, 0.3) is 0 Å². The van der Waals surface area contributed by atoms with Crippen molar-refractivity contribution < 1.29 is 25.2 Å². The molecule has 0 saturated carbocycles. The van der Waals surface area contributed by atoms with E-state index < -0.39 is 18.3 Å². The van der Waals surface area contributed by atoms with E-state index in [1.165, 1.54) is 6.07 Å². The van der Waals surface area contributed by atoms with Gasteiger partial charge in [-0.3, -0.25) is 0 Å². The van der Waals surface area contributed by atoms with E-state index >= 15 is 0 Å². The van der Waals surface area contributed by atoms with Crippen LogP contribution in [-0.2, 0) is 12.8 Å². The van der Waals surface area contributed by atoms with Gasteiger partial charge in [0.1, 0.15) is 24.2 Å². The molecule has 1 aromatic carbocycles. The summed E-state index contributed by atoms with van der Waals surface area (Å²) >= 11 is 0. The lowest BCUT2D eigenvalue weighted by Crippen LogP contribution is -2.42. The highest BCUT2D eigenvalue weighted by atomic mass is 35.5. The van der Waals surface area contributed by atoms with Gasteiger partial charge >= 0.3 is 0 Å². The number of β-amino-alcohol motifs (C(OH)–C–C–N with tert-alkyl or cyclic N) is 1. The third-order valence-corrected chi connectivity index (χ3v) is 3.93. The fraction of sp³-hybridized carbons (Fsp3) is 0.647. The second-order valence-corrected chi connectivity index (χ2v) is 7.18. The zero-order chi connectivity index (χ0) is 17.2. The van der Waals surface area contributed by atoms with Crippen LogP contribution in [0.2, 0.25) is 0 Å². The Balaban J connectivity index is 0.00000288. The van der Waals surface area contributed by atoms with Gasteiger partial charge in [-0.2, -0.15) is 0 Å². The standard InChI is InChI=1S/C17H27NO5.ClH/c1-17(2,3)18-8-10(19)9-23-16-5-4-13(20)11-6-14(21)15(22)7-12(11)16;/h4-5,10,14-15,18-22H,6-9H2,1-3H3;1H/t10?,14-,15+;/m1./s1. The van der Waals surface area contributed by atoms with Crippen molar-refractivity contribution in [3.05, 3.63) is 23.3 Å². The normalized spacial score (nSPS) is 21.6. The Hall–Kier alpha value is -1.05. The van der Waals surface area contributed by atoms with E-state index in [0.29, 0.717) is 23.4 Å². The van der Waals surface area contributed by atoms with E-state index in [1.54, 1.807) is 6.07 Å². The van der Waals surface area contributed by atoms with Crippen LogP contribution in [0.5, 0.6) is 11.5 Å². The average molecular weight is 362 g/mol. The lowest BCUT2D eigenvalue weighted by atomic mass is 9.86. The zero-order valence-electron chi connectivity index (χ0n) is 14.3. The molecule has 0 bridgehead atoms. The first-order chi connectivity index (χ1) is 10.7. The van der Waals surface area contributed by atoms with Crippen LogP contribution in [0.3, 0.4) is 0 Å². The molecule has 2 rings (SSSR count). The van der Waals surface area contributed by atoms with E-state index in [2.05, 4.69) is 5.32 Å².